The van der Waals surface area contributed by atoms with Gasteiger partial charge in [-0.1, -0.05) is 49.0 Å². The van der Waals surface area contributed by atoms with Gasteiger partial charge in [0.25, 0.3) is 0 Å². The fourth-order valence-electron chi connectivity index (χ4n) is 1.78. The largest absolute Gasteiger partial charge is 0.497 e. The monoisotopic (exact) mass is 282 g/mol. The normalized spacial score (nSPS) is 10.3. The van der Waals surface area contributed by atoms with Gasteiger partial charge >= 0.3 is 0 Å². The van der Waals surface area contributed by atoms with Crippen LogP contribution in [0, 0.1) is 11.7 Å². The second-order valence-corrected chi connectivity index (χ2v) is 9.07. The number of hydrogen-bond donors (Lipinski definition) is 0. The van der Waals surface area contributed by atoms with Gasteiger partial charge < -0.3 is 9.47 Å². The minimum Gasteiger partial charge on any atom is -0.497 e. The van der Waals surface area contributed by atoms with E-state index in [9.17, 15) is 0 Å². The molecule has 3 heteroatoms. The molecule has 2 nitrogen and oxygen atoms in total. The van der Waals surface area contributed by atoms with Gasteiger partial charge in [0.2, 0.25) is 0 Å². The van der Waals surface area contributed by atoms with Crippen LogP contribution in [-0.2, 0) is 0 Å². The molecule has 0 atom stereocenters. The van der Waals surface area contributed by atoms with Crippen molar-refractivity contribution in [3.05, 3.63) is 54.6 Å². The number of benzene rings is 2. The first-order valence-corrected chi connectivity index (χ1v) is 9.50. The van der Waals surface area contributed by atoms with E-state index in [0.717, 1.165) is 11.5 Å². The standard InChI is InChI=1S/C17H18O2Si/c1-18-15-9-11-16(12-10-15)19-13-14-20(2,3)17-7-5-4-6-8-17/h4-12H,1-3H3. The molecule has 0 unspecified atom stereocenters. The van der Waals surface area contributed by atoms with Crippen LogP contribution >= 0.6 is 0 Å². The SMILES string of the molecule is COc1ccc(OC#C[Si](C)(C)c2ccccc2)cc1. The molecule has 0 N–H and O–H groups in total. The van der Waals surface area contributed by atoms with E-state index in [1.807, 2.05) is 30.3 Å². The Hall–Kier alpha value is -2.18. The summed E-state index contributed by atoms with van der Waals surface area (Å²) in [5, 5.41) is 1.31. The average Bonchev–Trinajstić information content (AvgIpc) is 2.49. The Labute approximate surface area is 121 Å². The molecule has 0 bridgehead atoms. The van der Waals surface area contributed by atoms with Crippen molar-refractivity contribution in [1.82, 2.24) is 0 Å². The predicted molar refractivity (Wildman–Crippen MR) is 85.0 cm³/mol. The summed E-state index contributed by atoms with van der Waals surface area (Å²) < 4.78 is 10.6. The van der Waals surface area contributed by atoms with Crippen molar-refractivity contribution in [3.63, 3.8) is 0 Å². The van der Waals surface area contributed by atoms with Crippen molar-refractivity contribution < 1.29 is 9.47 Å². The summed E-state index contributed by atoms with van der Waals surface area (Å²) in [5.41, 5.74) is 3.29. The van der Waals surface area contributed by atoms with Gasteiger partial charge in [0.15, 0.2) is 8.07 Å². The molecule has 0 saturated heterocycles. The van der Waals surface area contributed by atoms with Gasteiger partial charge in [-0.3, -0.25) is 0 Å². The summed E-state index contributed by atoms with van der Waals surface area (Å²) in [6, 6.07) is 17.8. The third-order valence-corrected chi connectivity index (χ3v) is 5.59. The lowest BCUT2D eigenvalue weighted by molar-refractivity contribution is 0.413. The second-order valence-electron chi connectivity index (χ2n) is 5.00. The number of rotatable bonds is 3. The Balaban J connectivity index is 2.06. The Morgan fingerprint density at radius 1 is 0.850 bits per heavy atom. The highest BCUT2D eigenvalue weighted by molar-refractivity contribution is 6.96. The van der Waals surface area contributed by atoms with E-state index < -0.39 is 8.07 Å². The smallest absolute Gasteiger partial charge is 0.167 e. The molecule has 102 valence electrons. The van der Waals surface area contributed by atoms with Crippen LogP contribution in [0.1, 0.15) is 0 Å². The van der Waals surface area contributed by atoms with Crippen LogP contribution in [0.25, 0.3) is 0 Å². The van der Waals surface area contributed by atoms with Gasteiger partial charge in [0.1, 0.15) is 17.6 Å². The van der Waals surface area contributed by atoms with E-state index in [1.54, 1.807) is 7.11 Å². The quantitative estimate of drug-likeness (QED) is 0.636. The van der Waals surface area contributed by atoms with Gasteiger partial charge in [0, 0.05) is 0 Å². The van der Waals surface area contributed by atoms with Crippen molar-refractivity contribution in [2.75, 3.05) is 7.11 Å². The van der Waals surface area contributed by atoms with Crippen LogP contribution in [-0.4, -0.2) is 15.2 Å². The highest BCUT2D eigenvalue weighted by Gasteiger charge is 2.20. The molecule has 2 rings (SSSR count). The van der Waals surface area contributed by atoms with E-state index in [-0.39, 0.29) is 0 Å². The molecule has 0 aromatic heterocycles. The van der Waals surface area contributed by atoms with Gasteiger partial charge in [0.05, 0.1) is 7.11 Å². The Kier molecular flexibility index (Phi) is 4.49. The molecule has 2 aromatic carbocycles. The molecular weight excluding hydrogens is 264 g/mol. The lowest BCUT2D eigenvalue weighted by Gasteiger charge is -2.14. The number of methoxy groups -OCH3 is 1. The zero-order valence-corrected chi connectivity index (χ0v) is 13.0. The van der Waals surface area contributed by atoms with Crippen molar-refractivity contribution in [1.29, 1.82) is 0 Å². The van der Waals surface area contributed by atoms with Crippen LogP contribution in [0.4, 0.5) is 0 Å². The highest BCUT2D eigenvalue weighted by Crippen LogP contribution is 2.16. The van der Waals surface area contributed by atoms with Crippen molar-refractivity contribution in [2.45, 2.75) is 13.1 Å². The minimum absolute atomic E-state index is 0.733. The summed E-state index contributed by atoms with van der Waals surface area (Å²) in [6.45, 7) is 4.43. The van der Waals surface area contributed by atoms with Gasteiger partial charge in [-0.2, -0.15) is 0 Å². The van der Waals surface area contributed by atoms with E-state index in [2.05, 4.69) is 49.0 Å². The van der Waals surface area contributed by atoms with Gasteiger partial charge in [-0.05, 0) is 29.5 Å². The van der Waals surface area contributed by atoms with Crippen LogP contribution in [0.2, 0.25) is 13.1 Å². The molecule has 0 saturated carbocycles. The molecule has 0 radical (unpaired) electrons. The van der Waals surface area contributed by atoms with E-state index in [0.29, 0.717) is 0 Å². The van der Waals surface area contributed by atoms with Crippen LogP contribution in [0.5, 0.6) is 11.5 Å². The number of ether oxygens (including phenoxy) is 2. The first-order chi connectivity index (χ1) is 9.62. The molecule has 0 fully saturated rings. The van der Waals surface area contributed by atoms with Gasteiger partial charge in [-0.25, -0.2) is 0 Å². The predicted octanol–water partition coefficient (Wildman–Crippen LogP) is 3.19. The average molecular weight is 282 g/mol. The maximum absolute atomic E-state index is 5.48. The molecular formula is C17H18O2Si. The maximum atomic E-state index is 5.48. The zero-order chi connectivity index (χ0) is 14.4. The second kappa shape index (κ2) is 6.31. The Bertz CT molecular complexity index is 607. The molecule has 0 aliphatic carbocycles. The van der Waals surface area contributed by atoms with Gasteiger partial charge in [-0.15, -0.1) is 0 Å². The van der Waals surface area contributed by atoms with Crippen LogP contribution in [0.15, 0.2) is 54.6 Å². The van der Waals surface area contributed by atoms with E-state index >= 15 is 0 Å². The third kappa shape index (κ3) is 3.66. The molecule has 0 heterocycles. The number of hydrogen-bond acceptors (Lipinski definition) is 2. The van der Waals surface area contributed by atoms with E-state index in [4.69, 9.17) is 9.47 Å². The molecule has 0 aliphatic heterocycles. The summed E-state index contributed by atoms with van der Waals surface area (Å²) >= 11 is 0. The third-order valence-electron chi connectivity index (χ3n) is 3.09. The molecule has 0 spiro atoms. The Morgan fingerprint density at radius 3 is 2.05 bits per heavy atom. The maximum Gasteiger partial charge on any atom is 0.167 e. The van der Waals surface area contributed by atoms with Crippen molar-refractivity contribution in [3.8, 4) is 23.1 Å². The van der Waals surface area contributed by atoms with E-state index in [1.165, 1.54) is 5.19 Å². The topological polar surface area (TPSA) is 18.5 Å². The van der Waals surface area contributed by atoms with Crippen LogP contribution in [0.3, 0.4) is 0 Å². The molecule has 2 aromatic rings. The molecule has 0 aliphatic rings. The summed E-state index contributed by atoms with van der Waals surface area (Å²) in [7, 11) is -0.119. The first-order valence-electron chi connectivity index (χ1n) is 6.50. The fourth-order valence-corrected chi connectivity index (χ4v) is 3.26. The lowest BCUT2D eigenvalue weighted by Crippen LogP contribution is -2.40. The first kappa shape index (κ1) is 14.2. The minimum atomic E-state index is -1.76. The summed E-state index contributed by atoms with van der Waals surface area (Å²) in [5.74, 6) is 1.54. The van der Waals surface area contributed by atoms with Crippen molar-refractivity contribution in [2.24, 2.45) is 0 Å². The summed E-state index contributed by atoms with van der Waals surface area (Å²) in [4.78, 5) is 0. The highest BCUT2D eigenvalue weighted by atomic mass is 28.3. The van der Waals surface area contributed by atoms with Crippen molar-refractivity contribution >= 4 is 13.3 Å². The Morgan fingerprint density at radius 2 is 1.45 bits per heavy atom. The molecule has 0 amide bonds. The zero-order valence-electron chi connectivity index (χ0n) is 12.0. The van der Waals surface area contributed by atoms with Crippen LogP contribution < -0.4 is 14.7 Å². The molecule has 20 heavy (non-hydrogen) atoms. The summed E-state index contributed by atoms with van der Waals surface area (Å²) in [6.07, 6.45) is 2.85. The fraction of sp³-hybridized carbons (Fsp3) is 0.176. The lowest BCUT2D eigenvalue weighted by atomic mass is 10.3.